The van der Waals surface area contributed by atoms with Crippen molar-refractivity contribution in [2.75, 3.05) is 38.0 Å². The van der Waals surface area contributed by atoms with Gasteiger partial charge in [0.2, 0.25) is 5.95 Å². The monoisotopic (exact) mass is 474 g/mol. The van der Waals surface area contributed by atoms with Gasteiger partial charge in [0.25, 0.3) is 0 Å². The van der Waals surface area contributed by atoms with Crippen LogP contribution in [0.1, 0.15) is 37.9 Å². The van der Waals surface area contributed by atoms with E-state index in [1.54, 1.807) is 12.3 Å². The summed E-state index contributed by atoms with van der Waals surface area (Å²) < 4.78 is 14.7. The Morgan fingerprint density at radius 2 is 1.86 bits per heavy atom. The molecule has 1 fully saturated rings. The third-order valence-electron chi connectivity index (χ3n) is 6.55. The first-order valence-electron chi connectivity index (χ1n) is 12.2. The number of hydrogen-bond acceptors (Lipinski definition) is 7. The van der Waals surface area contributed by atoms with Crippen molar-refractivity contribution in [3.63, 3.8) is 0 Å². The number of hydrogen-bond donors (Lipinski definition) is 2. The van der Waals surface area contributed by atoms with Crippen LogP contribution in [0, 0.1) is 5.82 Å². The number of rotatable bonds is 7. The summed E-state index contributed by atoms with van der Waals surface area (Å²) in [5.74, 6) is 0.907. The molecule has 182 valence electrons. The molecule has 2 N–H and O–H groups in total. The Hall–Kier alpha value is -3.43. The number of likely N-dealkylation sites (N-methyl/N-ethyl adjacent to an activating group) is 1. The van der Waals surface area contributed by atoms with Gasteiger partial charge in [-0.3, -0.25) is 10.00 Å². The van der Waals surface area contributed by atoms with Crippen LogP contribution in [0.25, 0.3) is 22.2 Å². The molecule has 5 rings (SSSR count). The van der Waals surface area contributed by atoms with Gasteiger partial charge >= 0.3 is 0 Å². The highest BCUT2D eigenvalue weighted by atomic mass is 19.1. The average molecular weight is 475 g/mol. The lowest BCUT2D eigenvalue weighted by molar-refractivity contribution is 0.132. The number of aromatic amines is 1. The van der Waals surface area contributed by atoms with Crippen LogP contribution in [0.3, 0.4) is 0 Å². The second-order valence-corrected chi connectivity index (χ2v) is 9.30. The van der Waals surface area contributed by atoms with Gasteiger partial charge in [-0.05, 0) is 42.3 Å². The molecular weight excluding hydrogens is 443 g/mol. The third kappa shape index (κ3) is 5.16. The van der Waals surface area contributed by atoms with E-state index in [9.17, 15) is 4.39 Å². The minimum atomic E-state index is -0.373. The first kappa shape index (κ1) is 23.3. The van der Waals surface area contributed by atoms with Gasteiger partial charge in [-0.25, -0.2) is 19.3 Å². The van der Waals surface area contributed by atoms with Gasteiger partial charge in [0.15, 0.2) is 5.82 Å². The van der Waals surface area contributed by atoms with Crippen LogP contribution in [0.5, 0.6) is 0 Å². The molecule has 1 aliphatic heterocycles. The quantitative estimate of drug-likeness (QED) is 0.406. The Kier molecular flexibility index (Phi) is 6.70. The number of H-pyrrole nitrogens is 1. The number of halogens is 1. The fourth-order valence-corrected chi connectivity index (χ4v) is 4.49. The molecule has 4 heterocycles. The average Bonchev–Trinajstić information content (AvgIpc) is 3.31. The standard InChI is InChI=1S/C26H31FN8/c1-4-34-9-11-35(12-10-34)16-18-5-6-23(29-15-18)31-26-28-8-7-22(30-26)19-13-20-24(17(2)3)32-33-25(20)21(27)14-19/h5-8,13-15,17H,4,9-12,16H2,1-3H3,(H,32,33)(H,28,29,30,31). The molecule has 8 nitrogen and oxygen atoms in total. The largest absolute Gasteiger partial charge is 0.309 e. The van der Waals surface area contributed by atoms with Crippen LogP contribution >= 0.6 is 0 Å². The van der Waals surface area contributed by atoms with Crippen LogP contribution in [-0.2, 0) is 6.54 Å². The van der Waals surface area contributed by atoms with Crippen molar-refractivity contribution in [2.24, 2.45) is 0 Å². The fourth-order valence-electron chi connectivity index (χ4n) is 4.49. The molecule has 0 bridgehead atoms. The highest BCUT2D eigenvalue weighted by Gasteiger charge is 2.17. The molecule has 0 radical (unpaired) electrons. The zero-order chi connectivity index (χ0) is 24.4. The van der Waals surface area contributed by atoms with Gasteiger partial charge in [0.05, 0.1) is 5.69 Å². The number of fused-ring (bicyclic) bond motifs is 1. The summed E-state index contributed by atoms with van der Waals surface area (Å²) >= 11 is 0. The lowest BCUT2D eigenvalue weighted by Crippen LogP contribution is -2.45. The summed E-state index contributed by atoms with van der Waals surface area (Å²) in [4.78, 5) is 18.4. The van der Waals surface area contributed by atoms with Gasteiger partial charge in [-0.15, -0.1) is 0 Å². The molecule has 9 heteroatoms. The maximum atomic E-state index is 14.7. The molecule has 1 aromatic carbocycles. The van der Waals surface area contributed by atoms with Crippen molar-refractivity contribution in [3.8, 4) is 11.3 Å². The predicted octanol–water partition coefficient (Wildman–Crippen LogP) is 4.56. The van der Waals surface area contributed by atoms with Gasteiger partial charge in [0.1, 0.15) is 11.3 Å². The van der Waals surface area contributed by atoms with Crippen LogP contribution in [-0.4, -0.2) is 67.7 Å². The molecule has 0 spiro atoms. The third-order valence-corrected chi connectivity index (χ3v) is 6.55. The second kappa shape index (κ2) is 10.1. The molecule has 1 aliphatic rings. The van der Waals surface area contributed by atoms with E-state index in [1.807, 2.05) is 18.3 Å². The van der Waals surface area contributed by atoms with Crippen molar-refractivity contribution >= 4 is 22.7 Å². The van der Waals surface area contributed by atoms with E-state index in [0.717, 1.165) is 50.3 Å². The van der Waals surface area contributed by atoms with E-state index in [4.69, 9.17) is 0 Å². The molecule has 0 aliphatic carbocycles. The van der Waals surface area contributed by atoms with E-state index in [0.29, 0.717) is 28.5 Å². The van der Waals surface area contributed by atoms with E-state index < -0.39 is 0 Å². The summed E-state index contributed by atoms with van der Waals surface area (Å²) in [5.41, 5.74) is 3.74. The van der Waals surface area contributed by atoms with E-state index in [-0.39, 0.29) is 11.7 Å². The number of anilines is 2. The molecule has 3 aromatic heterocycles. The lowest BCUT2D eigenvalue weighted by atomic mass is 10.0. The summed E-state index contributed by atoms with van der Waals surface area (Å²) in [7, 11) is 0. The van der Waals surface area contributed by atoms with Gasteiger partial charge in [-0.2, -0.15) is 5.10 Å². The Bertz CT molecular complexity index is 1290. The van der Waals surface area contributed by atoms with Crippen molar-refractivity contribution in [3.05, 3.63) is 59.8 Å². The molecule has 0 amide bonds. The molecule has 35 heavy (non-hydrogen) atoms. The first-order chi connectivity index (χ1) is 17.0. The predicted molar refractivity (Wildman–Crippen MR) is 136 cm³/mol. The molecule has 4 aromatic rings. The molecule has 1 saturated heterocycles. The Balaban J connectivity index is 1.30. The number of aromatic nitrogens is 5. The van der Waals surface area contributed by atoms with Crippen LogP contribution in [0.2, 0.25) is 0 Å². The van der Waals surface area contributed by atoms with Gasteiger partial charge in [-0.1, -0.05) is 26.8 Å². The topological polar surface area (TPSA) is 85.9 Å². The Morgan fingerprint density at radius 1 is 1.06 bits per heavy atom. The van der Waals surface area contributed by atoms with E-state index in [2.05, 4.69) is 67.1 Å². The number of piperazine rings is 1. The SMILES string of the molecule is CCN1CCN(Cc2ccc(Nc3nccc(-c4cc(F)c5n[nH]c(C(C)C)c5c4)n3)nc2)CC1. The number of nitrogens with zero attached hydrogens (tertiary/aromatic N) is 6. The smallest absolute Gasteiger partial charge is 0.228 e. The second-order valence-electron chi connectivity index (χ2n) is 9.30. The molecule has 0 unspecified atom stereocenters. The van der Waals surface area contributed by atoms with E-state index >= 15 is 0 Å². The molecule has 0 atom stereocenters. The number of nitrogens with one attached hydrogen (secondary N) is 2. The minimum absolute atomic E-state index is 0.201. The summed E-state index contributed by atoms with van der Waals surface area (Å²) in [6.07, 6.45) is 3.56. The minimum Gasteiger partial charge on any atom is -0.309 e. The Labute approximate surface area is 204 Å². The van der Waals surface area contributed by atoms with Crippen molar-refractivity contribution in [1.29, 1.82) is 0 Å². The molecular formula is C26H31FN8. The van der Waals surface area contributed by atoms with E-state index in [1.165, 1.54) is 11.6 Å². The van der Waals surface area contributed by atoms with Gasteiger partial charge < -0.3 is 10.2 Å². The highest BCUT2D eigenvalue weighted by Crippen LogP contribution is 2.30. The summed E-state index contributed by atoms with van der Waals surface area (Å²) in [6.45, 7) is 12.7. The lowest BCUT2D eigenvalue weighted by Gasteiger charge is -2.33. The normalized spacial score (nSPS) is 15.2. The van der Waals surface area contributed by atoms with Crippen LogP contribution in [0.15, 0.2) is 42.7 Å². The summed E-state index contributed by atoms with van der Waals surface area (Å²) in [6, 6.07) is 9.19. The summed E-state index contributed by atoms with van der Waals surface area (Å²) in [5, 5.41) is 11.0. The number of pyridine rings is 1. The van der Waals surface area contributed by atoms with Crippen molar-refractivity contribution in [2.45, 2.75) is 33.2 Å². The first-order valence-corrected chi connectivity index (χ1v) is 12.2. The van der Waals surface area contributed by atoms with Crippen molar-refractivity contribution in [1.82, 2.24) is 34.9 Å². The molecule has 0 saturated carbocycles. The fraction of sp³-hybridized carbons (Fsp3) is 0.385. The Morgan fingerprint density at radius 3 is 2.57 bits per heavy atom. The van der Waals surface area contributed by atoms with Crippen molar-refractivity contribution < 1.29 is 4.39 Å². The zero-order valence-corrected chi connectivity index (χ0v) is 20.4. The number of benzene rings is 1. The highest BCUT2D eigenvalue weighted by molar-refractivity contribution is 5.87. The zero-order valence-electron chi connectivity index (χ0n) is 20.4. The van der Waals surface area contributed by atoms with Crippen LogP contribution < -0.4 is 5.32 Å². The van der Waals surface area contributed by atoms with Gasteiger partial charge in [0, 0.05) is 61.8 Å². The van der Waals surface area contributed by atoms with Crippen LogP contribution in [0.4, 0.5) is 16.2 Å². The maximum Gasteiger partial charge on any atom is 0.228 e. The maximum absolute atomic E-state index is 14.7.